The van der Waals surface area contributed by atoms with Gasteiger partial charge in [-0.05, 0) is 23.6 Å². The summed E-state index contributed by atoms with van der Waals surface area (Å²) in [4.78, 5) is 11.3. The van der Waals surface area contributed by atoms with Crippen molar-refractivity contribution in [1.82, 2.24) is 14.8 Å². The number of ether oxygens (including phenoxy) is 1. The first-order valence-electron chi connectivity index (χ1n) is 6.60. The van der Waals surface area contributed by atoms with Crippen molar-refractivity contribution in [3.8, 4) is 11.8 Å². The quantitative estimate of drug-likeness (QED) is 0.933. The first-order valence-corrected chi connectivity index (χ1v) is 6.60. The Labute approximate surface area is 123 Å². The minimum absolute atomic E-state index is 0.153. The third-order valence-corrected chi connectivity index (χ3v) is 3.25. The van der Waals surface area contributed by atoms with Crippen LogP contribution in [0.4, 0.5) is 0 Å². The molecule has 6 nitrogen and oxygen atoms in total. The summed E-state index contributed by atoms with van der Waals surface area (Å²) in [5, 5.41) is 15.3. The molecule has 2 rings (SSSR count). The lowest BCUT2D eigenvalue weighted by atomic mass is 9.85. The second kappa shape index (κ2) is 5.44. The Kier molecular flexibility index (Phi) is 3.85. The molecule has 0 saturated carbocycles. The van der Waals surface area contributed by atoms with Crippen LogP contribution in [0.3, 0.4) is 0 Å². The number of nitriles is 1. The Hall–Kier alpha value is -2.55. The Bertz CT molecular complexity index is 744. The highest BCUT2D eigenvalue weighted by Crippen LogP contribution is 2.32. The molecule has 0 amide bonds. The molecule has 0 bridgehead atoms. The normalized spacial score (nSPS) is 11.2. The summed E-state index contributed by atoms with van der Waals surface area (Å²) in [5.41, 5.74) is 1.12. The van der Waals surface area contributed by atoms with Crippen LogP contribution in [0.2, 0.25) is 0 Å². The van der Waals surface area contributed by atoms with E-state index in [0.717, 1.165) is 5.56 Å². The summed E-state index contributed by atoms with van der Waals surface area (Å²) < 4.78 is 7.19. The molecule has 0 saturated heterocycles. The zero-order valence-corrected chi connectivity index (χ0v) is 12.6. The minimum atomic E-state index is -0.274. The van der Waals surface area contributed by atoms with Crippen molar-refractivity contribution in [3.63, 3.8) is 0 Å². The van der Waals surface area contributed by atoms with Crippen molar-refractivity contribution < 1.29 is 4.74 Å². The van der Waals surface area contributed by atoms with Crippen LogP contribution in [0.1, 0.15) is 37.7 Å². The molecular weight excluding hydrogens is 268 g/mol. The van der Waals surface area contributed by atoms with Crippen molar-refractivity contribution in [1.29, 1.82) is 5.26 Å². The summed E-state index contributed by atoms with van der Waals surface area (Å²) in [6.45, 7) is 6.35. The van der Waals surface area contributed by atoms with Crippen LogP contribution < -0.4 is 10.4 Å². The topological polar surface area (TPSA) is 83.7 Å². The first-order chi connectivity index (χ1) is 9.82. The Morgan fingerprint density at radius 1 is 1.43 bits per heavy atom. The molecule has 0 aliphatic heterocycles. The smallest absolute Gasteiger partial charge is 0.343 e. The molecule has 0 radical (unpaired) electrons. The van der Waals surface area contributed by atoms with Gasteiger partial charge >= 0.3 is 5.69 Å². The number of nitrogens with zero attached hydrogens (tertiary/aromatic N) is 3. The van der Waals surface area contributed by atoms with Crippen molar-refractivity contribution in [3.05, 3.63) is 45.6 Å². The number of hydrogen-bond donors (Lipinski definition) is 1. The van der Waals surface area contributed by atoms with Gasteiger partial charge in [0.05, 0.1) is 11.6 Å². The Morgan fingerprint density at radius 2 is 2.14 bits per heavy atom. The second-order valence-electron chi connectivity index (χ2n) is 5.87. The predicted molar refractivity (Wildman–Crippen MR) is 78.0 cm³/mol. The fraction of sp³-hybridized carbons (Fsp3) is 0.400. The maximum Gasteiger partial charge on any atom is 0.343 e. The van der Waals surface area contributed by atoms with Crippen LogP contribution in [0, 0.1) is 11.3 Å². The van der Waals surface area contributed by atoms with Gasteiger partial charge in [-0.3, -0.25) is 4.57 Å². The number of aromatic nitrogens is 3. The van der Waals surface area contributed by atoms with Gasteiger partial charge < -0.3 is 4.74 Å². The fourth-order valence-corrected chi connectivity index (χ4v) is 1.96. The molecule has 1 aromatic carbocycles. The lowest BCUT2D eigenvalue weighted by Crippen LogP contribution is -2.17. The van der Waals surface area contributed by atoms with Crippen LogP contribution in [0.5, 0.6) is 5.75 Å². The molecule has 2 aromatic rings. The van der Waals surface area contributed by atoms with E-state index < -0.39 is 0 Å². The highest BCUT2D eigenvalue weighted by molar-refractivity contribution is 5.45. The maximum absolute atomic E-state index is 11.3. The molecule has 1 heterocycles. The summed E-state index contributed by atoms with van der Waals surface area (Å²) >= 11 is 0. The van der Waals surface area contributed by atoms with E-state index >= 15 is 0 Å². The lowest BCUT2D eigenvalue weighted by Gasteiger charge is -2.23. The first kappa shape index (κ1) is 14.9. The molecule has 110 valence electrons. The van der Waals surface area contributed by atoms with E-state index in [2.05, 4.69) is 37.0 Å². The van der Waals surface area contributed by atoms with Crippen molar-refractivity contribution in [2.45, 2.75) is 32.8 Å². The predicted octanol–water partition coefficient (Wildman–Crippen LogP) is 1.86. The lowest BCUT2D eigenvalue weighted by molar-refractivity contribution is 0.283. The molecule has 1 aromatic heterocycles. The van der Waals surface area contributed by atoms with E-state index in [1.165, 1.54) is 4.57 Å². The number of aromatic amines is 1. The van der Waals surface area contributed by atoms with Crippen LogP contribution in [0.15, 0.2) is 23.0 Å². The van der Waals surface area contributed by atoms with Gasteiger partial charge in [-0.1, -0.05) is 20.8 Å². The van der Waals surface area contributed by atoms with Crippen molar-refractivity contribution in [2.24, 2.45) is 7.05 Å². The van der Waals surface area contributed by atoms with Gasteiger partial charge in [0.25, 0.3) is 0 Å². The van der Waals surface area contributed by atoms with Gasteiger partial charge in [0.2, 0.25) is 0 Å². The summed E-state index contributed by atoms with van der Waals surface area (Å²) in [7, 11) is 1.63. The van der Waals surface area contributed by atoms with E-state index in [1.807, 2.05) is 6.07 Å². The van der Waals surface area contributed by atoms with E-state index in [1.54, 1.807) is 19.2 Å². The molecule has 0 aliphatic carbocycles. The minimum Gasteiger partial charge on any atom is -0.485 e. The fourth-order valence-electron chi connectivity index (χ4n) is 1.96. The Balaban J connectivity index is 2.30. The summed E-state index contributed by atoms with van der Waals surface area (Å²) in [6, 6.07) is 7.46. The van der Waals surface area contributed by atoms with Gasteiger partial charge in [0.15, 0.2) is 5.82 Å². The van der Waals surface area contributed by atoms with Gasteiger partial charge in [0, 0.05) is 12.6 Å². The number of rotatable bonds is 3. The van der Waals surface area contributed by atoms with E-state index in [0.29, 0.717) is 17.1 Å². The van der Waals surface area contributed by atoms with Gasteiger partial charge in [-0.25, -0.2) is 9.89 Å². The monoisotopic (exact) mass is 286 g/mol. The maximum atomic E-state index is 11.3. The van der Waals surface area contributed by atoms with Crippen LogP contribution in [0.25, 0.3) is 0 Å². The van der Waals surface area contributed by atoms with Gasteiger partial charge in [-0.2, -0.15) is 10.4 Å². The highest BCUT2D eigenvalue weighted by Gasteiger charge is 2.20. The zero-order chi connectivity index (χ0) is 15.6. The second-order valence-corrected chi connectivity index (χ2v) is 5.87. The standard InChI is InChI=1S/C15H18N4O2/c1-15(2,3)11-7-10(8-16)5-6-12(11)21-9-13-17-18-14(20)19(13)4/h5-7H,9H2,1-4H3,(H,18,20). The van der Waals surface area contributed by atoms with Crippen molar-refractivity contribution in [2.75, 3.05) is 0 Å². The van der Waals surface area contributed by atoms with Gasteiger partial charge in [-0.15, -0.1) is 0 Å². The largest absolute Gasteiger partial charge is 0.485 e. The highest BCUT2D eigenvalue weighted by atomic mass is 16.5. The van der Waals surface area contributed by atoms with Crippen LogP contribution in [-0.2, 0) is 19.1 Å². The number of nitrogens with one attached hydrogen (secondary N) is 1. The number of benzene rings is 1. The van der Waals surface area contributed by atoms with E-state index in [9.17, 15) is 4.79 Å². The molecule has 6 heteroatoms. The van der Waals surface area contributed by atoms with Crippen LogP contribution in [-0.4, -0.2) is 14.8 Å². The molecule has 0 aliphatic rings. The third-order valence-electron chi connectivity index (χ3n) is 3.25. The average Bonchev–Trinajstić information content (AvgIpc) is 2.75. The molecule has 0 fully saturated rings. The molecule has 0 spiro atoms. The van der Waals surface area contributed by atoms with Gasteiger partial charge in [0.1, 0.15) is 12.4 Å². The molecule has 0 atom stereocenters. The van der Waals surface area contributed by atoms with Crippen molar-refractivity contribution >= 4 is 0 Å². The molecular formula is C15H18N4O2. The number of H-pyrrole nitrogens is 1. The third kappa shape index (κ3) is 3.14. The zero-order valence-electron chi connectivity index (χ0n) is 12.6. The molecule has 1 N–H and O–H groups in total. The van der Waals surface area contributed by atoms with E-state index in [4.69, 9.17) is 10.00 Å². The molecule has 0 unspecified atom stereocenters. The Morgan fingerprint density at radius 3 is 2.67 bits per heavy atom. The number of hydrogen-bond acceptors (Lipinski definition) is 4. The summed E-state index contributed by atoms with van der Waals surface area (Å²) in [6.07, 6.45) is 0. The SMILES string of the molecule is Cn1c(COc2ccc(C#N)cc2C(C)(C)C)n[nH]c1=O. The summed E-state index contributed by atoms with van der Waals surface area (Å²) in [5.74, 6) is 1.21. The molecule has 21 heavy (non-hydrogen) atoms. The average molecular weight is 286 g/mol. The van der Waals surface area contributed by atoms with Crippen LogP contribution >= 0.6 is 0 Å². The van der Waals surface area contributed by atoms with E-state index in [-0.39, 0.29) is 17.7 Å².